The van der Waals surface area contributed by atoms with Crippen molar-refractivity contribution in [3.63, 3.8) is 0 Å². The van der Waals surface area contributed by atoms with Crippen LogP contribution in [0.15, 0.2) is 35.5 Å². The number of fused-ring (bicyclic) bond motifs is 1. The Morgan fingerprint density at radius 3 is 2.82 bits per heavy atom. The molecule has 0 bridgehead atoms. The van der Waals surface area contributed by atoms with Crippen molar-refractivity contribution >= 4 is 35.5 Å². The van der Waals surface area contributed by atoms with Gasteiger partial charge in [0.15, 0.2) is 0 Å². The lowest BCUT2D eigenvalue weighted by molar-refractivity contribution is -0.149. The smallest absolute Gasteiger partial charge is 0.352 e. The number of carbonyl (C=O) groups excluding carboxylic acids is 3. The maximum absolute atomic E-state index is 12.5. The predicted molar refractivity (Wildman–Crippen MR) is 96.8 cm³/mol. The van der Waals surface area contributed by atoms with Gasteiger partial charge in [0, 0.05) is 23.8 Å². The van der Waals surface area contributed by atoms with Crippen molar-refractivity contribution < 1.29 is 29.0 Å². The average Bonchev–Trinajstić information content (AvgIpc) is 2.69. The lowest BCUT2D eigenvalue weighted by atomic mass is 10.0. The quantitative estimate of drug-likeness (QED) is 0.537. The van der Waals surface area contributed by atoms with Crippen LogP contribution in [0.2, 0.25) is 0 Å². The van der Waals surface area contributed by atoms with Gasteiger partial charge in [-0.15, -0.1) is 11.8 Å². The molecule has 3 rings (SSSR count). The summed E-state index contributed by atoms with van der Waals surface area (Å²) in [6.07, 6.45) is 0. The van der Waals surface area contributed by atoms with Crippen molar-refractivity contribution in [3.05, 3.63) is 46.7 Å². The number of thioether (sulfide) groups is 1. The summed E-state index contributed by atoms with van der Waals surface area (Å²) in [6.45, 7) is 1.000. The number of rotatable bonds is 5. The zero-order chi connectivity index (χ0) is 20.4. The number of hydrogen-bond acceptors (Lipinski definition) is 7. The molecule has 1 aromatic carbocycles. The number of carboxylic acids is 1. The molecule has 0 aromatic heterocycles. The molecule has 2 atom stereocenters. The van der Waals surface area contributed by atoms with E-state index in [-0.39, 0.29) is 23.6 Å². The van der Waals surface area contributed by atoms with Gasteiger partial charge in [0.2, 0.25) is 0 Å². The monoisotopic (exact) mass is 401 g/mol. The Bertz CT molecular complexity index is 951. The second-order valence-corrected chi connectivity index (χ2v) is 7.20. The average molecular weight is 401 g/mol. The molecule has 2 N–H and O–H groups in total. The highest BCUT2D eigenvalue weighted by Crippen LogP contribution is 2.40. The van der Waals surface area contributed by atoms with E-state index < -0.39 is 35.2 Å². The van der Waals surface area contributed by atoms with Gasteiger partial charge in [-0.2, -0.15) is 5.26 Å². The molecule has 0 radical (unpaired) electrons. The van der Waals surface area contributed by atoms with Crippen molar-refractivity contribution in [2.45, 2.75) is 18.3 Å². The number of benzene rings is 1. The van der Waals surface area contributed by atoms with Gasteiger partial charge in [-0.3, -0.25) is 19.3 Å². The molecule has 10 heteroatoms. The Labute approximate surface area is 163 Å². The summed E-state index contributed by atoms with van der Waals surface area (Å²) in [5.74, 6) is -2.68. The van der Waals surface area contributed by atoms with Gasteiger partial charge < -0.3 is 15.2 Å². The third kappa shape index (κ3) is 3.57. The number of amides is 2. The number of carbonyl (C=O) groups is 4. The third-order valence-electron chi connectivity index (χ3n) is 4.24. The maximum atomic E-state index is 12.5. The molecule has 1 saturated heterocycles. The van der Waals surface area contributed by atoms with Gasteiger partial charge in [-0.25, -0.2) is 4.79 Å². The molecule has 144 valence electrons. The standard InChI is InChI=1S/C18H15N3O6S/c1-9(22)27-7-12-8-28-17-13(16(24)21(17)14(12)18(25)26)20-15(23)11-4-2-3-10(5-11)6-19/h2-5,13,17H,7-8H2,1H3,(H,20,23)(H,25,26)/t13-,17+/m1/s1. The molecule has 2 aliphatic heterocycles. The van der Waals surface area contributed by atoms with E-state index in [1.165, 1.54) is 30.8 Å². The van der Waals surface area contributed by atoms with Gasteiger partial charge in [0.05, 0.1) is 11.6 Å². The number of carboxylic acid groups (broad SMARTS) is 1. The maximum Gasteiger partial charge on any atom is 0.352 e. The third-order valence-corrected chi connectivity index (χ3v) is 5.58. The van der Waals surface area contributed by atoms with Crippen LogP contribution < -0.4 is 5.32 Å². The molecule has 0 aliphatic carbocycles. The summed E-state index contributed by atoms with van der Waals surface area (Å²) in [6, 6.07) is 7.09. The number of aliphatic carboxylic acids is 1. The summed E-state index contributed by atoms with van der Waals surface area (Å²) in [7, 11) is 0. The van der Waals surface area contributed by atoms with Crippen LogP contribution >= 0.6 is 11.8 Å². The summed E-state index contributed by atoms with van der Waals surface area (Å²) in [5, 5.41) is 20.5. The number of esters is 1. The fourth-order valence-electron chi connectivity index (χ4n) is 2.94. The lowest BCUT2D eigenvalue weighted by Gasteiger charge is -2.49. The number of ether oxygens (including phenoxy) is 1. The van der Waals surface area contributed by atoms with E-state index in [0.29, 0.717) is 11.1 Å². The van der Waals surface area contributed by atoms with Crippen LogP contribution in [0.25, 0.3) is 0 Å². The SMILES string of the molecule is CC(=O)OCC1=C(C(=O)O)N2C(=O)[C@@H](NC(=O)c3cccc(C#N)c3)[C@@H]2SC1. The highest BCUT2D eigenvalue weighted by molar-refractivity contribution is 8.00. The van der Waals surface area contributed by atoms with Crippen molar-refractivity contribution in [1.29, 1.82) is 5.26 Å². The fraction of sp³-hybridized carbons (Fsp3) is 0.278. The van der Waals surface area contributed by atoms with Crippen molar-refractivity contribution in [1.82, 2.24) is 10.2 Å². The van der Waals surface area contributed by atoms with Crippen molar-refractivity contribution in [3.8, 4) is 6.07 Å². The molecule has 0 spiro atoms. The first kappa shape index (κ1) is 19.4. The second kappa shape index (κ2) is 7.74. The Morgan fingerprint density at radius 2 is 2.18 bits per heavy atom. The summed E-state index contributed by atoms with van der Waals surface area (Å²) < 4.78 is 4.87. The van der Waals surface area contributed by atoms with Crippen LogP contribution in [-0.4, -0.2) is 57.5 Å². The molecule has 0 unspecified atom stereocenters. The molecule has 28 heavy (non-hydrogen) atoms. The van der Waals surface area contributed by atoms with Gasteiger partial charge in [0.1, 0.15) is 23.7 Å². The topological polar surface area (TPSA) is 137 Å². The van der Waals surface area contributed by atoms with Gasteiger partial charge in [0.25, 0.3) is 11.8 Å². The molecular weight excluding hydrogens is 386 g/mol. The van der Waals surface area contributed by atoms with E-state index in [4.69, 9.17) is 10.00 Å². The Morgan fingerprint density at radius 1 is 1.43 bits per heavy atom. The molecule has 0 saturated carbocycles. The minimum absolute atomic E-state index is 0.210. The fourth-order valence-corrected chi connectivity index (χ4v) is 4.26. The van der Waals surface area contributed by atoms with E-state index in [1.807, 2.05) is 6.07 Å². The van der Waals surface area contributed by atoms with Gasteiger partial charge in [-0.05, 0) is 18.2 Å². The summed E-state index contributed by atoms with van der Waals surface area (Å²) in [5.41, 5.74) is 0.652. The molecule has 9 nitrogen and oxygen atoms in total. The van der Waals surface area contributed by atoms with E-state index in [2.05, 4.69) is 5.32 Å². The molecular formula is C18H15N3O6S. The van der Waals surface area contributed by atoms with E-state index in [9.17, 15) is 24.3 Å². The molecule has 2 aliphatic rings. The first-order valence-electron chi connectivity index (χ1n) is 8.18. The Hall–Kier alpha value is -3.32. The highest BCUT2D eigenvalue weighted by Gasteiger charge is 2.54. The molecule has 1 fully saturated rings. The normalized spacial score (nSPS) is 20.6. The number of nitrogens with zero attached hydrogens (tertiary/aromatic N) is 2. The van der Waals surface area contributed by atoms with E-state index in [0.717, 1.165) is 4.90 Å². The lowest BCUT2D eigenvalue weighted by Crippen LogP contribution is -2.70. The minimum atomic E-state index is -1.30. The Balaban J connectivity index is 1.76. The van der Waals surface area contributed by atoms with Gasteiger partial charge in [-0.1, -0.05) is 6.07 Å². The minimum Gasteiger partial charge on any atom is -0.477 e. The highest BCUT2D eigenvalue weighted by atomic mass is 32.2. The van der Waals surface area contributed by atoms with Crippen molar-refractivity contribution in [2.75, 3.05) is 12.4 Å². The zero-order valence-corrected chi connectivity index (χ0v) is 15.5. The van der Waals surface area contributed by atoms with Gasteiger partial charge >= 0.3 is 11.9 Å². The number of β-lactam (4-membered cyclic amide) rings is 1. The van der Waals surface area contributed by atoms with Crippen LogP contribution in [-0.2, 0) is 19.1 Å². The van der Waals surface area contributed by atoms with Crippen LogP contribution in [0, 0.1) is 11.3 Å². The van der Waals surface area contributed by atoms with Crippen LogP contribution in [0.1, 0.15) is 22.8 Å². The summed E-state index contributed by atoms with van der Waals surface area (Å²) >= 11 is 1.28. The summed E-state index contributed by atoms with van der Waals surface area (Å²) in [4.78, 5) is 48.7. The van der Waals surface area contributed by atoms with Crippen LogP contribution in [0.4, 0.5) is 0 Å². The zero-order valence-electron chi connectivity index (χ0n) is 14.7. The second-order valence-electron chi connectivity index (χ2n) is 6.09. The number of nitrogens with one attached hydrogen (secondary N) is 1. The van der Waals surface area contributed by atoms with Crippen LogP contribution in [0.3, 0.4) is 0 Å². The van der Waals surface area contributed by atoms with E-state index in [1.54, 1.807) is 12.1 Å². The Kier molecular flexibility index (Phi) is 5.37. The largest absolute Gasteiger partial charge is 0.477 e. The van der Waals surface area contributed by atoms with E-state index >= 15 is 0 Å². The molecule has 1 aromatic rings. The number of hydrogen-bond donors (Lipinski definition) is 2. The first-order valence-corrected chi connectivity index (χ1v) is 9.22. The van der Waals surface area contributed by atoms with Crippen LogP contribution in [0.5, 0.6) is 0 Å². The first-order chi connectivity index (χ1) is 13.3. The molecule has 2 amide bonds. The predicted octanol–water partition coefficient (Wildman–Crippen LogP) is 0.474. The van der Waals surface area contributed by atoms with Crippen molar-refractivity contribution in [2.24, 2.45) is 0 Å². The number of nitriles is 1. The molecule has 2 heterocycles.